The lowest BCUT2D eigenvalue weighted by Gasteiger charge is -2.09. The second-order valence-corrected chi connectivity index (χ2v) is 4.99. The van der Waals surface area contributed by atoms with Gasteiger partial charge in [0.05, 0.1) is 17.1 Å². The third-order valence-electron chi connectivity index (χ3n) is 2.96. The summed E-state index contributed by atoms with van der Waals surface area (Å²) in [4.78, 5) is 4.29. The molecule has 2 N–H and O–H groups in total. The molecular formula is C12H20N6. The second kappa shape index (κ2) is 4.80. The summed E-state index contributed by atoms with van der Waals surface area (Å²) in [5.41, 5.74) is 8.52. The maximum Gasteiger partial charge on any atom is 0.148 e. The van der Waals surface area contributed by atoms with Gasteiger partial charge in [0.2, 0.25) is 0 Å². The van der Waals surface area contributed by atoms with E-state index in [2.05, 4.69) is 29.0 Å². The molecule has 0 fully saturated rings. The predicted molar refractivity (Wildman–Crippen MR) is 70.1 cm³/mol. The third kappa shape index (κ3) is 2.37. The second-order valence-electron chi connectivity index (χ2n) is 4.99. The van der Waals surface area contributed by atoms with Gasteiger partial charge in [-0.05, 0) is 19.8 Å². The topological polar surface area (TPSA) is 74.5 Å². The van der Waals surface area contributed by atoms with Gasteiger partial charge in [-0.1, -0.05) is 13.8 Å². The van der Waals surface area contributed by atoms with E-state index in [4.69, 9.17) is 5.73 Å². The van der Waals surface area contributed by atoms with Crippen LogP contribution in [0.25, 0.3) is 0 Å². The van der Waals surface area contributed by atoms with Crippen molar-refractivity contribution in [2.24, 2.45) is 5.92 Å². The highest BCUT2D eigenvalue weighted by molar-refractivity contribution is 5.46. The Balaban J connectivity index is 2.23. The molecule has 0 unspecified atom stereocenters. The van der Waals surface area contributed by atoms with Crippen LogP contribution in [0, 0.1) is 19.8 Å². The van der Waals surface area contributed by atoms with Crippen LogP contribution in [0.5, 0.6) is 0 Å². The molecule has 0 aliphatic rings. The van der Waals surface area contributed by atoms with Crippen molar-refractivity contribution in [3.63, 3.8) is 0 Å². The monoisotopic (exact) mass is 248 g/mol. The lowest BCUT2D eigenvalue weighted by molar-refractivity contribution is 0.455. The van der Waals surface area contributed by atoms with Crippen molar-refractivity contribution < 1.29 is 0 Å². The molecule has 0 aliphatic carbocycles. The summed E-state index contributed by atoms with van der Waals surface area (Å²) in [6, 6.07) is 0. The van der Waals surface area contributed by atoms with Gasteiger partial charge in [-0.2, -0.15) is 10.2 Å². The van der Waals surface area contributed by atoms with E-state index in [1.54, 1.807) is 6.33 Å². The number of hydrogen-bond donors (Lipinski definition) is 1. The van der Waals surface area contributed by atoms with Crippen LogP contribution in [0.4, 0.5) is 5.69 Å². The Morgan fingerprint density at radius 1 is 1.28 bits per heavy atom. The summed E-state index contributed by atoms with van der Waals surface area (Å²) in [6.07, 6.45) is 1.59. The van der Waals surface area contributed by atoms with Crippen molar-refractivity contribution in [3.05, 3.63) is 23.5 Å². The van der Waals surface area contributed by atoms with Crippen LogP contribution >= 0.6 is 0 Å². The van der Waals surface area contributed by atoms with Gasteiger partial charge in [-0.3, -0.25) is 4.68 Å². The van der Waals surface area contributed by atoms with Crippen LogP contribution in [-0.2, 0) is 13.1 Å². The minimum absolute atomic E-state index is 0.538. The molecule has 0 amide bonds. The molecule has 0 radical (unpaired) electrons. The van der Waals surface area contributed by atoms with Gasteiger partial charge in [-0.15, -0.1) is 0 Å². The number of nitrogens with zero attached hydrogens (tertiary/aromatic N) is 5. The number of rotatable bonds is 4. The van der Waals surface area contributed by atoms with E-state index >= 15 is 0 Å². The Morgan fingerprint density at radius 3 is 2.56 bits per heavy atom. The van der Waals surface area contributed by atoms with Crippen LogP contribution in [0.3, 0.4) is 0 Å². The Kier molecular flexibility index (Phi) is 3.36. The fourth-order valence-corrected chi connectivity index (χ4v) is 1.91. The first-order chi connectivity index (χ1) is 8.49. The molecule has 6 heteroatoms. The normalized spacial score (nSPS) is 11.4. The summed E-state index contributed by atoms with van der Waals surface area (Å²) in [7, 11) is 0. The molecule has 2 heterocycles. The van der Waals surface area contributed by atoms with Crippen LogP contribution in [-0.4, -0.2) is 24.5 Å². The largest absolute Gasteiger partial charge is 0.396 e. The molecule has 0 spiro atoms. The first kappa shape index (κ1) is 12.6. The minimum Gasteiger partial charge on any atom is -0.396 e. The molecule has 2 aromatic heterocycles. The van der Waals surface area contributed by atoms with E-state index in [0.717, 1.165) is 29.4 Å². The van der Waals surface area contributed by atoms with Crippen molar-refractivity contribution >= 4 is 5.69 Å². The molecule has 0 aliphatic heterocycles. The number of nitrogen functional groups attached to an aromatic ring is 1. The molecule has 6 nitrogen and oxygen atoms in total. The number of aryl methyl sites for hydroxylation is 1. The molecule has 2 rings (SSSR count). The smallest absolute Gasteiger partial charge is 0.148 e. The van der Waals surface area contributed by atoms with Gasteiger partial charge in [0.15, 0.2) is 0 Å². The van der Waals surface area contributed by atoms with E-state index < -0.39 is 0 Å². The quantitative estimate of drug-likeness (QED) is 0.887. The Hall–Kier alpha value is -1.85. The number of aromatic nitrogens is 5. The van der Waals surface area contributed by atoms with Crippen molar-refractivity contribution in [2.75, 3.05) is 5.73 Å². The molecule has 2 aromatic rings. The predicted octanol–water partition coefficient (Wildman–Crippen LogP) is 1.38. The molecule has 0 atom stereocenters. The molecule has 0 saturated heterocycles. The highest BCUT2D eigenvalue weighted by Crippen LogP contribution is 2.15. The highest BCUT2D eigenvalue weighted by Gasteiger charge is 2.12. The molecular weight excluding hydrogens is 228 g/mol. The zero-order chi connectivity index (χ0) is 13.3. The van der Waals surface area contributed by atoms with Crippen LogP contribution in [0.1, 0.15) is 31.1 Å². The standard InChI is InChI=1S/C12H20N6/c1-8(2)5-18-11(14-7-15-18)6-17-10(4)12(13)9(3)16-17/h7-8H,5-6,13H2,1-4H3. The Morgan fingerprint density at radius 2 is 2.00 bits per heavy atom. The van der Waals surface area contributed by atoms with Crippen LogP contribution in [0.2, 0.25) is 0 Å². The average molecular weight is 248 g/mol. The maximum atomic E-state index is 5.92. The SMILES string of the molecule is Cc1nn(Cc2ncnn2CC(C)C)c(C)c1N. The fraction of sp³-hybridized carbons (Fsp3) is 0.583. The number of anilines is 1. The summed E-state index contributed by atoms with van der Waals surface area (Å²) in [6.45, 7) is 9.68. The van der Waals surface area contributed by atoms with Crippen LogP contribution < -0.4 is 5.73 Å². The van der Waals surface area contributed by atoms with Crippen molar-refractivity contribution in [2.45, 2.75) is 40.8 Å². The lowest BCUT2D eigenvalue weighted by atomic mass is 10.2. The summed E-state index contributed by atoms with van der Waals surface area (Å²) in [5.74, 6) is 1.45. The summed E-state index contributed by atoms with van der Waals surface area (Å²) in [5, 5.41) is 8.66. The van der Waals surface area contributed by atoms with E-state index in [0.29, 0.717) is 12.5 Å². The summed E-state index contributed by atoms with van der Waals surface area (Å²) < 4.78 is 3.81. The van der Waals surface area contributed by atoms with Crippen LogP contribution in [0.15, 0.2) is 6.33 Å². The molecule has 98 valence electrons. The Bertz CT molecular complexity index is 537. The third-order valence-corrected chi connectivity index (χ3v) is 2.96. The number of hydrogen-bond acceptors (Lipinski definition) is 4. The first-order valence-electron chi connectivity index (χ1n) is 6.15. The van der Waals surface area contributed by atoms with Gasteiger partial charge >= 0.3 is 0 Å². The van der Waals surface area contributed by atoms with E-state index in [1.165, 1.54) is 0 Å². The molecule has 18 heavy (non-hydrogen) atoms. The molecule has 0 saturated carbocycles. The Labute approximate surface area is 107 Å². The first-order valence-corrected chi connectivity index (χ1v) is 6.15. The highest BCUT2D eigenvalue weighted by atomic mass is 15.4. The number of nitrogens with two attached hydrogens (primary N) is 1. The zero-order valence-electron chi connectivity index (χ0n) is 11.4. The van der Waals surface area contributed by atoms with Gasteiger partial charge < -0.3 is 5.73 Å². The van der Waals surface area contributed by atoms with Gasteiger partial charge in [0.25, 0.3) is 0 Å². The fourth-order valence-electron chi connectivity index (χ4n) is 1.91. The van der Waals surface area contributed by atoms with Gasteiger partial charge in [-0.25, -0.2) is 9.67 Å². The van der Waals surface area contributed by atoms with Gasteiger partial charge in [0, 0.05) is 6.54 Å². The maximum absolute atomic E-state index is 5.92. The summed E-state index contributed by atoms with van der Waals surface area (Å²) >= 11 is 0. The molecule has 0 bridgehead atoms. The van der Waals surface area contributed by atoms with E-state index in [-0.39, 0.29) is 0 Å². The van der Waals surface area contributed by atoms with Crippen molar-refractivity contribution in [1.82, 2.24) is 24.5 Å². The van der Waals surface area contributed by atoms with Crippen molar-refractivity contribution in [3.8, 4) is 0 Å². The van der Waals surface area contributed by atoms with E-state index in [9.17, 15) is 0 Å². The zero-order valence-corrected chi connectivity index (χ0v) is 11.4. The average Bonchev–Trinajstić information content (AvgIpc) is 2.81. The minimum atomic E-state index is 0.538. The van der Waals surface area contributed by atoms with Crippen molar-refractivity contribution in [1.29, 1.82) is 0 Å². The lowest BCUT2D eigenvalue weighted by Crippen LogP contribution is -2.14. The van der Waals surface area contributed by atoms with E-state index in [1.807, 2.05) is 23.2 Å². The van der Waals surface area contributed by atoms with Gasteiger partial charge in [0.1, 0.15) is 18.7 Å². The molecule has 0 aromatic carbocycles.